The maximum Gasteiger partial charge on any atom is 0.256 e. The summed E-state index contributed by atoms with van der Waals surface area (Å²) < 4.78 is 10.9. The standard InChI is InChI=1S/C16H25NO3/c1-7-16(5,20-8-2)15(18)17-13-9-11(3)14(19-6)12(4)10-13/h9-10H,7-8H2,1-6H3,(H,17,18)/t16-/m1/s1. The van der Waals surface area contributed by atoms with Crippen LogP contribution in [0.15, 0.2) is 12.1 Å². The average molecular weight is 279 g/mol. The quantitative estimate of drug-likeness (QED) is 0.867. The number of methoxy groups -OCH3 is 1. The Balaban J connectivity index is 2.96. The third-order valence-corrected chi connectivity index (χ3v) is 3.54. The smallest absolute Gasteiger partial charge is 0.256 e. The van der Waals surface area contributed by atoms with E-state index in [-0.39, 0.29) is 5.91 Å². The van der Waals surface area contributed by atoms with Crippen LogP contribution in [-0.4, -0.2) is 25.2 Å². The van der Waals surface area contributed by atoms with E-state index < -0.39 is 5.60 Å². The highest BCUT2D eigenvalue weighted by Gasteiger charge is 2.31. The average Bonchev–Trinajstić information content (AvgIpc) is 2.38. The van der Waals surface area contributed by atoms with E-state index in [2.05, 4.69) is 5.32 Å². The molecule has 1 N–H and O–H groups in total. The van der Waals surface area contributed by atoms with Gasteiger partial charge in [-0.1, -0.05) is 6.92 Å². The Morgan fingerprint density at radius 3 is 2.20 bits per heavy atom. The van der Waals surface area contributed by atoms with Crippen molar-refractivity contribution in [2.45, 2.75) is 46.6 Å². The fourth-order valence-electron chi connectivity index (χ4n) is 2.25. The molecule has 4 heteroatoms. The number of nitrogens with one attached hydrogen (secondary N) is 1. The second kappa shape index (κ2) is 6.75. The summed E-state index contributed by atoms with van der Waals surface area (Å²) in [5, 5.41) is 2.93. The summed E-state index contributed by atoms with van der Waals surface area (Å²) in [7, 11) is 1.65. The third-order valence-electron chi connectivity index (χ3n) is 3.54. The van der Waals surface area contributed by atoms with E-state index in [1.54, 1.807) is 7.11 Å². The molecule has 0 radical (unpaired) electrons. The molecule has 0 unspecified atom stereocenters. The molecule has 0 saturated carbocycles. The maximum atomic E-state index is 12.4. The van der Waals surface area contributed by atoms with Crippen molar-refractivity contribution in [3.8, 4) is 5.75 Å². The van der Waals surface area contributed by atoms with E-state index in [4.69, 9.17) is 9.47 Å². The van der Waals surface area contributed by atoms with E-state index >= 15 is 0 Å². The van der Waals surface area contributed by atoms with E-state index in [1.165, 1.54) is 0 Å². The zero-order valence-electron chi connectivity index (χ0n) is 13.3. The van der Waals surface area contributed by atoms with Crippen LogP contribution in [0.25, 0.3) is 0 Å². The Kier molecular flexibility index (Phi) is 5.57. The van der Waals surface area contributed by atoms with Gasteiger partial charge in [0, 0.05) is 12.3 Å². The van der Waals surface area contributed by atoms with Crippen molar-refractivity contribution in [1.82, 2.24) is 0 Å². The first-order valence-electron chi connectivity index (χ1n) is 6.98. The lowest BCUT2D eigenvalue weighted by molar-refractivity contribution is -0.139. The zero-order chi connectivity index (χ0) is 15.3. The minimum atomic E-state index is -0.795. The van der Waals surface area contributed by atoms with Crippen molar-refractivity contribution in [1.29, 1.82) is 0 Å². The second-order valence-corrected chi connectivity index (χ2v) is 5.11. The largest absolute Gasteiger partial charge is 0.496 e. The first-order chi connectivity index (χ1) is 9.37. The molecule has 112 valence electrons. The van der Waals surface area contributed by atoms with Gasteiger partial charge in [0.05, 0.1) is 7.11 Å². The lowest BCUT2D eigenvalue weighted by atomic mass is 10.0. The highest BCUT2D eigenvalue weighted by molar-refractivity contribution is 5.97. The molecule has 0 aliphatic carbocycles. The Hall–Kier alpha value is -1.55. The van der Waals surface area contributed by atoms with Crippen LogP contribution in [0.4, 0.5) is 5.69 Å². The number of benzene rings is 1. The lowest BCUT2D eigenvalue weighted by Gasteiger charge is -2.27. The second-order valence-electron chi connectivity index (χ2n) is 5.11. The number of rotatable bonds is 6. The van der Waals surface area contributed by atoms with Crippen LogP contribution in [0.1, 0.15) is 38.3 Å². The van der Waals surface area contributed by atoms with Gasteiger partial charge >= 0.3 is 0 Å². The van der Waals surface area contributed by atoms with Gasteiger partial charge in [0.15, 0.2) is 0 Å². The van der Waals surface area contributed by atoms with Gasteiger partial charge in [0.25, 0.3) is 5.91 Å². The molecule has 0 saturated heterocycles. The molecule has 1 aromatic rings. The Morgan fingerprint density at radius 2 is 1.80 bits per heavy atom. The molecule has 0 spiro atoms. The number of carbonyl (C=O) groups is 1. The molecule has 1 atom stereocenters. The van der Waals surface area contributed by atoms with E-state index in [0.29, 0.717) is 13.0 Å². The van der Waals surface area contributed by atoms with E-state index in [0.717, 1.165) is 22.6 Å². The van der Waals surface area contributed by atoms with Crippen LogP contribution in [0.5, 0.6) is 5.75 Å². The minimum absolute atomic E-state index is 0.120. The minimum Gasteiger partial charge on any atom is -0.496 e. The molecule has 0 bridgehead atoms. The van der Waals surface area contributed by atoms with Crippen LogP contribution in [-0.2, 0) is 9.53 Å². The Bertz CT molecular complexity index is 462. The summed E-state index contributed by atoms with van der Waals surface area (Å²) in [6, 6.07) is 3.82. The van der Waals surface area contributed by atoms with Gasteiger partial charge in [-0.3, -0.25) is 4.79 Å². The predicted octanol–water partition coefficient (Wildman–Crippen LogP) is 3.46. The first kappa shape index (κ1) is 16.5. The number of hydrogen-bond acceptors (Lipinski definition) is 3. The summed E-state index contributed by atoms with van der Waals surface area (Å²) in [4.78, 5) is 12.4. The topological polar surface area (TPSA) is 47.6 Å². The molecule has 1 rings (SSSR count). The summed E-state index contributed by atoms with van der Waals surface area (Å²) in [6.45, 7) is 10.1. The van der Waals surface area contributed by atoms with Crippen molar-refractivity contribution in [3.63, 3.8) is 0 Å². The van der Waals surface area contributed by atoms with Crippen LogP contribution in [0, 0.1) is 13.8 Å². The monoisotopic (exact) mass is 279 g/mol. The van der Waals surface area contributed by atoms with Crippen molar-refractivity contribution < 1.29 is 14.3 Å². The SMILES string of the molecule is CCO[C@](C)(CC)C(=O)Nc1cc(C)c(OC)c(C)c1. The van der Waals surface area contributed by atoms with E-state index in [9.17, 15) is 4.79 Å². The molecular formula is C16H25NO3. The summed E-state index contributed by atoms with van der Waals surface area (Å²) in [5.74, 6) is 0.733. The van der Waals surface area contributed by atoms with Crippen LogP contribution >= 0.6 is 0 Å². The highest BCUT2D eigenvalue weighted by atomic mass is 16.5. The molecule has 0 aliphatic heterocycles. The molecule has 0 fully saturated rings. The van der Waals surface area contributed by atoms with Gasteiger partial charge in [0.2, 0.25) is 0 Å². The molecule has 0 aliphatic rings. The first-order valence-corrected chi connectivity index (χ1v) is 6.98. The molecule has 4 nitrogen and oxygen atoms in total. The lowest BCUT2D eigenvalue weighted by Crippen LogP contribution is -2.42. The fourth-order valence-corrected chi connectivity index (χ4v) is 2.25. The van der Waals surface area contributed by atoms with Gasteiger partial charge in [0.1, 0.15) is 11.4 Å². The number of amides is 1. The summed E-state index contributed by atoms with van der Waals surface area (Å²) in [6.07, 6.45) is 0.626. The van der Waals surface area contributed by atoms with Gasteiger partial charge in [-0.15, -0.1) is 0 Å². The molecule has 1 aromatic carbocycles. The normalized spacial score (nSPS) is 13.7. The maximum absolute atomic E-state index is 12.4. The summed E-state index contributed by atoms with van der Waals surface area (Å²) in [5.41, 5.74) is 1.97. The molecule has 20 heavy (non-hydrogen) atoms. The zero-order valence-corrected chi connectivity index (χ0v) is 13.3. The number of carbonyl (C=O) groups excluding carboxylic acids is 1. The van der Waals surface area contributed by atoms with Crippen molar-refractivity contribution in [2.24, 2.45) is 0 Å². The summed E-state index contributed by atoms with van der Waals surface area (Å²) >= 11 is 0. The fraction of sp³-hybridized carbons (Fsp3) is 0.562. The van der Waals surface area contributed by atoms with Crippen molar-refractivity contribution in [3.05, 3.63) is 23.3 Å². The molecule has 1 amide bonds. The van der Waals surface area contributed by atoms with Crippen LogP contribution in [0.3, 0.4) is 0 Å². The number of hydrogen-bond donors (Lipinski definition) is 1. The van der Waals surface area contributed by atoms with Gasteiger partial charge in [-0.25, -0.2) is 0 Å². The molecular weight excluding hydrogens is 254 g/mol. The highest BCUT2D eigenvalue weighted by Crippen LogP contribution is 2.27. The Morgan fingerprint density at radius 1 is 1.25 bits per heavy atom. The predicted molar refractivity (Wildman–Crippen MR) is 81.4 cm³/mol. The van der Waals surface area contributed by atoms with Gasteiger partial charge < -0.3 is 14.8 Å². The van der Waals surface area contributed by atoms with E-state index in [1.807, 2.05) is 46.8 Å². The number of ether oxygens (including phenoxy) is 2. The molecule has 0 aromatic heterocycles. The van der Waals surface area contributed by atoms with Gasteiger partial charge in [-0.2, -0.15) is 0 Å². The number of anilines is 1. The third kappa shape index (κ3) is 3.51. The van der Waals surface area contributed by atoms with Crippen LogP contribution in [0.2, 0.25) is 0 Å². The van der Waals surface area contributed by atoms with Crippen molar-refractivity contribution in [2.75, 3.05) is 19.0 Å². The van der Waals surface area contributed by atoms with Crippen molar-refractivity contribution >= 4 is 11.6 Å². The van der Waals surface area contributed by atoms with Gasteiger partial charge in [-0.05, 0) is 57.4 Å². The number of aryl methyl sites for hydroxylation is 2. The Labute approximate surface area is 121 Å². The molecule has 0 heterocycles. The van der Waals surface area contributed by atoms with Crippen LogP contribution < -0.4 is 10.1 Å².